The molecule has 0 aliphatic rings. The fraction of sp³-hybridized carbons (Fsp3) is 0.429. The van der Waals surface area contributed by atoms with E-state index in [0.29, 0.717) is 0 Å². The summed E-state index contributed by atoms with van der Waals surface area (Å²) in [6.07, 6.45) is 5.32. The lowest BCUT2D eigenvalue weighted by Gasteiger charge is -2.12. The molecule has 15 heavy (non-hydrogen) atoms. The van der Waals surface area contributed by atoms with Crippen LogP contribution in [-0.4, -0.2) is 6.54 Å². The summed E-state index contributed by atoms with van der Waals surface area (Å²) in [6.45, 7) is 9.43. The van der Waals surface area contributed by atoms with Crippen LogP contribution in [0.1, 0.15) is 34.2 Å². The molecule has 0 heterocycles. The Kier molecular flexibility index (Phi) is 4.10. The van der Waals surface area contributed by atoms with Gasteiger partial charge in [0.15, 0.2) is 0 Å². The zero-order valence-corrected chi connectivity index (χ0v) is 10.2. The maximum absolute atomic E-state index is 5.48. The summed E-state index contributed by atoms with van der Waals surface area (Å²) in [5, 5.41) is 0. The van der Waals surface area contributed by atoms with Gasteiger partial charge < -0.3 is 5.73 Å². The summed E-state index contributed by atoms with van der Waals surface area (Å²) in [4.78, 5) is 0. The third-order valence-electron chi connectivity index (χ3n) is 3.04. The molecule has 1 aromatic rings. The van der Waals surface area contributed by atoms with Gasteiger partial charge in [0.25, 0.3) is 0 Å². The van der Waals surface area contributed by atoms with Gasteiger partial charge in [-0.2, -0.15) is 0 Å². The fourth-order valence-corrected chi connectivity index (χ4v) is 1.79. The minimum absolute atomic E-state index is 0.722. The number of hydrogen-bond donors (Lipinski definition) is 1. The number of rotatable bonds is 3. The molecule has 2 N–H and O–H groups in total. The number of benzene rings is 1. The minimum atomic E-state index is 0.722. The smallest absolute Gasteiger partial charge is 0.00425 e. The zero-order chi connectivity index (χ0) is 11.4. The molecular weight excluding hydrogens is 182 g/mol. The Hall–Kier alpha value is -1.08. The molecule has 0 aliphatic heterocycles. The molecule has 1 nitrogen and oxygen atoms in total. The summed E-state index contributed by atoms with van der Waals surface area (Å²) in [6, 6.07) is 2.25. The van der Waals surface area contributed by atoms with Crippen LogP contribution in [0.5, 0.6) is 0 Å². The van der Waals surface area contributed by atoms with Crippen LogP contribution in [0.2, 0.25) is 0 Å². The van der Waals surface area contributed by atoms with E-state index in [0.717, 1.165) is 13.0 Å². The molecule has 0 amide bonds. The molecule has 82 valence electrons. The molecule has 0 atom stereocenters. The average Bonchev–Trinajstić information content (AvgIpc) is 2.20. The lowest BCUT2D eigenvalue weighted by atomic mass is 9.94. The molecule has 0 bridgehead atoms. The van der Waals surface area contributed by atoms with E-state index in [1.807, 2.05) is 0 Å². The maximum atomic E-state index is 5.48. The molecule has 0 spiro atoms. The third-order valence-corrected chi connectivity index (χ3v) is 3.04. The SMILES string of the molecule is Cc1cc(C)c(C)c(C=CCCN)c1C. The van der Waals surface area contributed by atoms with Gasteiger partial charge in [-0.3, -0.25) is 0 Å². The Morgan fingerprint density at radius 3 is 2.07 bits per heavy atom. The van der Waals surface area contributed by atoms with Crippen LogP contribution < -0.4 is 5.73 Å². The second-order valence-electron chi connectivity index (χ2n) is 4.15. The molecule has 1 heteroatoms. The van der Waals surface area contributed by atoms with Gasteiger partial charge in [0.05, 0.1) is 0 Å². The highest BCUT2D eigenvalue weighted by Gasteiger charge is 2.04. The highest BCUT2D eigenvalue weighted by atomic mass is 14.5. The van der Waals surface area contributed by atoms with Crippen molar-refractivity contribution >= 4 is 6.08 Å². The predicted molar refractivity (Wildman–Crippen MR) is 68.1 cm³/mol. The fourth-order valence-electron chi connectivity index (χ4n) is 1.79. The van der Waals surface area contributed by atoms with Gasteiger partial charge in [-0.15, -0.1) is 0 Å². The topological polar surface area (TPSA) is 26.0 Å². The molecule has 1 rings (SSSR count). The second kappa shape index (κ2) is 5.13. The van der Waals surface area contributed by atoms with E-state index in [1.165, 1.54) is 27.8 Å². The standard InChI is InChI=1S/C14H21N/c1-10-9-11(2)13(4)14(12(10)3)7-5-6-8-15/h5,7,9H,6,8,15H2,1-4H3. The van der Waals surface area contributed by atoms with Gasteiger partial charge in [0.1, 0.15) is 0 Å². The highest BCUT2D eigenvalue weighted by molar-refractivity contribution is 5.61. The van der Waals surface area contributed by atoms with Crippen molar-refractivity contribution in [2.75, 3.05) is 6.54 Å². The van der Waals surface area contributed by atoms with Gasteiger partial charge in [-0.05, 0) is 68.5 Å². The number of nitrogens with two attached hydrogens (primary N) is 1. The molecule has 1 aromatic carbocycles. The summed E-state index contributed by atoms with van der Waals surface area (Å²) in [5.74, 6) is 0. The highest BCUT2D eigenvalue weighted by Crippen LogP contribution is 2.22. The quantitative estimate of drug-likeness (QED) is 0.801. The van der Waals surface area contributed by atoms with E-state index < -0.39 is 0 Å². The number of hydrogen-bond acceptors (Lipinski definition) is 1. The van der Waals surface area contributed by atoms with Crippen molar-refractivity contribution < 1.29 is 0 Å². The monoisotopic (exact) mass is 203 g/mol. The molecule has 0 aliphatic carbocycles. The van der Waals surface area contributed by atoms with Crippen LogP contribution >= 0.6 is 0 Å². The summed E-state index contributed by atoms with van der Waals surface area (Å²) in [7, 11) is 0. The van der Waals surface area contributed by atoms with E-state index in [2.05, 4.69) is 45.9 Å². The average molecular weight is 203 g/mol. The molecular formula is C14H21N. The van der Waals surface area contributed by atoms with Gasteiger partial charge in [0, 0.05) is 0 Å². The molecule has 0 unspecified atom stereocenters. The third kappa shape index (κ3) is 2.69. The van der Waals surface area contributed by atoms with Gasteiger partial charge >= 0.3 is 0 Å². The lowest BCUT2D eigenvalue weighted by molar-refractivity contribution is 1.01. The predicted octanol–water partition coefficient (Wildman–Crippen LogP) is 3.28. The van der Waals surface area contributed by atoms with Crippen LogP contribution in [0.3, 0.4) is 0 Å². The molecule has 0 saturated carbocycles. The first-order valence-electron chi connectivity index (χ1n) is 5.52. The lowest BCUT2D eigenvalue weighted by Crippen LogP contribution is -1.96. The van der Waals surface area contributed by atoms with E-state index in [1.54, 1.807) is 0 Å². The summed E-state index contributed by atoms with van der Waals surface area (Å²) < 4.78 is 0. The molecule has 0 saturated heterocycles. The van der Waals surface area contributed by atoms with E-state index >= 15 is 0 Å². The van der Waals surface area contributed by atoms with Crippen molar-refractivity contribution in [2.45, 2.75) is 34.1 Å². The Labute approximate surface area is 93.0 Å². The summed E-state index contributed by atoms with van der Waals surface area (Å²) >= 11 is 0. The van der Waals surface area contributed by atoms with Crippen LogP contribution in [0, 0.1) is 27.7 Å². The van der Waals surface area contributed by atoms with Crippen molar-refractivity contribution in [2.24, 2.45) is 5.73 Å². The Morgan fingerprint density at radius 1 is 1.07 bits per heavy atom. The first kappa shape index (κ1) is 12.0. The van der Waals surface area contributed by atoms with E-state index in [9.17, 15) is 0 Å². The summed E-state index contributed by atoms with van der Waals surface area (Å²) in [5.41, 5.74) is 12.3. The minimum Gasteiger partial charge on any atom is -0.330 e. The normalized spacial score (nSPS) is 11.3. The van der Waals surface area contributed by atoms with Crippen molar-refractivity contribution in [1.82, 2.24) is 0 Å². The van der Waals surface area contributed by atoms with Crippen molar-refractivity contribution in [3.05, 3.63) is 40.0 Å². The first-order chi connectivity index (χ1) is 7.07. The van der Waals surface area contributed by atoms with Crippen LogP contribution in [0.4, 0.5) is 0 Å². The largest absolute Gasteiger partial charge is 0.330 e. The van der Waals surface area contributed by atoms with Crippen LogP contribution in [0.15, 0.2) is 12.1 Å². The maximum Gasteiger partial charge on any atom is -0.00425 e. The van der Waals surface area contributed by atoms with Crippen LogP contribution in [0.25, 0.3) is 6.08 Å². The molecule has 0 radical (unpaired) electrons. The van der Waals surface area contributed by atoms with Gasteiger partial charge in [-0.25, -0.2) is 0 Å². The van der Waals surface area contributed by atoms with Gasteiger partial charge in [0.2, 0.25) is 0 Å². The first-order valence-corrected chi connectivity index (χ1v) is 5.52. The Bertz CT molecular complexity index is 349. The molecule has 0 fully saturated rings. The second-order valence-corrected chi connectivity index (χ2v) is 4.15. The zero-order valence-electron chi connectivity index (χ0n) is 10.2. The Balaban J connectivity index is 3.15. The Morgan fingerprint density at radius 2 is 1.60 bits per heavy atom. The van der Waals surface area contributed by atoms with Crippen molar-refractivity contribution in [1.29, 1.82) is 0 Å². The van der Waals surface area contributed by atoms with Crippen molar-refractivity contribution in [3.8, 4) is 0 Å². The molecule has 0 aromatic heterocycles. The van der Waals surface area contributed by atoms with Crippen LogP contribution in [-0.2, 0) is 0 Å². The van der Waals surface area contributed by atoms with Gasteiger partial charge in [-0.1, -0.05) is 18.2 Å². The number of aryl methyl sites for hydroxylation is 2. The van der Waals surface area contributed by atoms with E-state index in [-0.39, 0.29) is 0 Å². The van der Waals surface area contributed by atoms with Crippen molar-refractivity contribution in [3.63, 3.8) is 0 Å². The van der Waals surface area contributed by atoms with E-state index in [4.69, 9.17) is 5.73 Å².